The zero-order valence-electron chi connectivity index (χ0n) is 17.6. The Kier molecular flexibility index (Phi) is 6.50. The van der Waals surface area contributed by atoms with E-state index in [2.05, 4.69) is 22.5 Å². The lowest BCUT2D eigenvalue weighted by molar-refractivity contribution is 0.0530. The highest BCUT2D eigenvalue weighted by atomic mass is 16.5. The topological polar surface area (TPSA) is 80.8 Å². The molecule has 1 saturated heterocycles. The van der Waals surface area contributed by atoms with Gasteiger partial charge in [0.15, 0.2) is 0 Å². The van der Waals surface area contributed by atoms with E-state index in [9.17, 15) is 9.59 Å². The van der Waals surface area contributed by atoms with Crippen LogP contribution in [-0.4, -0.2) is 54.0 Å². The number of amides is 2. The van der Waals surface area contributed by atoms with Crippen molar-refractivity contribution < 1.29 is 19.1 Å². The van der Waals surface area contributed by atoms with E-state index in [0.717, 1.165) is 19.3 Å². The molecule has 0 unspecified atom stereocenters. The first-order chi connectivity index (χ1) is 15.2. The Morgan fingerprint density at radius 1 is 1.23 bits per heavy atom. The molecule has 3 heterocycles. The lowest BCUT2D eigenvalue weighted by Crippen LogP contribution is -2.57. The van der Waals surface area contributed by atoms with E-state index in [-0.39, 0.29) is 23.9 Å². The highest BCUT2D eigenvalue weighted by Gasteiger charge is 2.35. The lowest BCUT2D eigenvalue weighted by Gasteiger charge is -2.41. The molecular formula is C24H27N3O4. The maximum absolute atomic E-state index is 13.3. The van der Waals surface area contributed by atoms with Gasteiger partial charge in [-0.3, -0.25) is 9.59 Å². The van der Waals surface area contributed by atoms with Gasteiger partial charge in [-0.15, -0.1) is 0 Å². The predicted octanol–water partition coefficient (Wildman–Crippen LogP) is 3.22. The number of hydrogen-bond acceptors (Lipinski definition) is 5. The highest BCUT2D eigenvalue weighted by Crippen LogP contribution is 2.26. The van der Waals surface area contributed by atoms with Crippen LogP contribution in [0.4, 0.5) is 0 Å². The molecule has 2 aliphatic rings. The quantitative estimate of drug-likeness (QED) is 0.753. The van der Waals surface area contributed by atoms with Crippen molar-refractivity contribution in [3.63, 3.8) is 0 Å². The number of carbonyl (C=O) groups is 2. The maximum atomic E-state index is 13.3. The van der Waals surface area contributed by atoms with Crippen molar-refractivity contribution in [1.82, 2.24) is 15.2 Å². The fourth-order valence-electron chi connectivity index (χ4n) is 4.18. The largest absolute Gasteiger partial charge is 0.492 e. The second kappa shape index (κ2) is 9.64. The van der Waals surface area contributed by atoms with Crippen LogP contribution in [0.5, 0.6) is 11.6 Å². The molecule has 1 N–H and O–H groups in total. The molecule has 162 valence electrons. The lowest BCUT2D eigenvalue weighted by atomic mass is 9.92. The summed E-state index contributed by atoms with van der Waals surface area (Å²) in [6, 6.07) is 10.4. The monoisotopic (exact) mass is 421 g/mol. The summed E-state index contributed by atoms with van der Waals surface area (Å²) < 4.78 is 10.9. The highest BCUT2D eigenvalue weighted by molar-refractivity contribution is 5.97. The molecule has 4 rings (SSSR count). The average Bonchev–Trinajstić information content (AvgIpc) is 2.81. The van der Waals surface area contributed by atoms with Gasteiger partial charge in [-0.25, -0.2) is 4.98 Å². The van der Waals surface area contributed by atoms with Crippen LogP contribution >= 0.6 is 0 Å². The molecule has 2 atom stereocenters. The molecule has 0 radical (unpaired) electrons. The van der Waals surface area contributed by atoms with Crippen LogP contribution in [0.2, 0.25) is 0 Å². The molecule has 2 aromatic rings. The minimum atomic E-state index is -0.171. The van der Waals surface area contributed by atoms with Crippen molar-refractivity contribution in [1.29, 1.82) is 0 Å². The van der Waals surface area contributed by atoms with Gasteiger partial charge in [0.25, 0.3) is 11.8 Å². The molecule has 1 aromatic heterocycles. The standard InChI is InChI=1S/C24H27N3O4/c1-30-22-13-12-17(16-25-22)24(29)27-14-7-9-19-20(27)10-3-2-6-15-31-21-11-5-4-8-18(21)23(28)26-19/h2-5,8,11-13,16,19-20H,6-7,9-10,14-15H2,1H3,(H,26,28)/b3-2+/t19-,20-/m0/s1. The van der Waals surface area contributed by atoms with Gasteiger partial charge in [0, 0.05) is 24.8 Å². The number of rotatable bonds is 2. The molecule has 1 fully saturated rings. The Morgan fingerprint density at radius 3 is 2.90 bits per heavy atom. The number of benzene rings is 1. The van der Waals surface area contributed by atoms with Gasteiger partial charge in [0.2, 0.25) is 5.88 Å². The van der Waals surface area contributed by atoms with E-state index in [1.165, 1.54) is 0 Å². The van der Waals surface area contributed by atoms with Crippen molar-refractivity contribution in [2.24, 2.45) is 0 Å². The fourth-order valence-corrected chi connectivity index (χ4v) is 4.18. The Morgan fingerprint density at radius 2 is 2.10 bits per heavy atom. The van der Waals surface area contributed by atoms with E-state index in [4.69, 9.17) is 9.47 Å². The van der Waals surface area contributed by atoms with Crippen LogP contribution in [0.1, 0.15) is 46.4 Å². The zero-order valence-corrected chi connectivity index (χ0v) is 17.6. The first-order valence-corrected chi connectivity index (χ1v) is 10.7. The Balaban J connectivity index is 1.60. The van der Waals surface area contributed by atoms with Gasteiger partial charge in [0.1, 0.15) is 5.75 Å². The average molecular weight is 421 g/mol. The smallest absolute Gasteiger partial charge is 0.255 e. The first kappa shape index (κ1) is 20.9. The third-order valence-corrected chi connectivity index (χ3v) is 5.77. The number of carbonyl (C=O) groups excluding carboxylic acids is 2. The van der Waals surface area contributed by atoms with E-state index in [1.54, 1.807) is 31.5 Å². The Hall–Kier alpha value is -3.35. The van der Waals surface area contributed by atoms with Crippen LogP contribution in [0.3, 0.4) is 0 Å². The van der Waals surface area contributed by atoms with Crippen LogP contribution in [0, 0.1) is 0 Å². The number of methoxy groups -OCH3 is 1. The molecule has 0 bridgehead atoms. The van der Waals surface area contributed by atoms with Gasteiger partial charge in [0.05, 0.1) is 30.9 Å². The summed E-state index contributed by atoms with van der Waals surface area (Å²) in [6.45, 7) is 1.14. The molecule has 0 aliphatic carbocycles. The molecule has 2 aliphatic heterocycles. The van der Waals surface area contributed by atoms with Gasteiger partial charge >= 0.3 is 0 Å². The molecular weight excluding hydrogens is 394 g/mol. The van der Waals surface area contributed by atoms with Crippen molar-refractivity contribution in [3.8, 4) is 11.6 Å². The van der Waals surface area contributed by atoms with Gasteiger partial charge in [-0.05, 0) is 43.9 Å². The number of hydrogen-bond donors (Lipinski definition) is 1. The summed E-state index contributed by atoms with van der Waals surface area (Å²) in [5, 5.41) is 3.17. The summed E-state index contributed by atoms with van der Waals surface area (Å²) in [4.78, 5) is 32.4. The normalized spacial score (nSPS) is 22.5. The number of nitrogens with one attached hydrogen (secondary N) is 1. The third kappa shape index (κ3) is 4.71. The number of piperidine rings is 1. The molecule has 31 heavy (non-hydrogen) atoms. The molecule has 0 saturated carbocycles. The van der Waals surface area contributed by atoms with E-state index < -0.39 is 0 Å². The van der Waals surface area contributed by atoms with Crippen LogP contribution < -0.4 is 14.8 Å². The van der Waals surface area contributed by atoms with E-state index in [1.807, 2.05) is 23.1 Å². The zero-order chi connectivity index (χ0) is 21.6. The minimum absolute atomic E-state index is 0.0803. The SMILES string of the molecule is COc1ccc(C(=O)N2CCC[C@@H]3NC(=O)c4ccccc4OCC/C=C/C[C@@H]32)cn1. The summed E-state index contributed by atoms with van der Waals surface area (Å²) in [5.41, 5.74) is 1.04. The molecule has 2 amide bonds. The second-order valence-electron chi connectivity index (χ2n) is 7.72. The Bertz CT molecular complexity index is 958. The van der Waals surface area contributed by atoms with Crippen LogP contribution in [-0.2, 0) is 0 Å². The van der Waals surface area contributed by atoms with E-state index in [0.29, 0.717) is 42.3 Å². The fraction of sp³-hybridized carbons (Fsp3) is 0.375. The first-order valence-electron chi connectivity index (χ1n) is 10.7. The molecule has 0 spiro atoms. The Labute approximate surface area is 182 Å². The number of aromatic nitrogens is 1. The summed E-state index contributed by atoms with van der Waals surface area (Å²) in [7, 11) is 1.54. The van der Waals surface area contributed by atoms with E-state index >= 15 is 0 Å². The summed E-state index contributed by atoms with van der Waals surface area (Å²) in [6.07, 6.45) is 8.75. The summed E-state index contributed by atoms with van der Waals surface area (Å²) >= 11 is 0. The van der Waals surface area contributed by atoms with Crippen molar-refractivity contribution in [2.75, 3.05) is 20.3 Å². The number of pyridine rings is 1. The third-order valence-electron chi connectivity index (χ3n) is 5.77. The van der Waals surface area contributed by atoms with Gasteiger partial charge in [-0.1, -0.05) is 24.3 Å². The van der Waals surface area contributed by atoms with Gasteiger partial charge < -0.3 is 19.7 Å². The molecule has 7 nitrogen and oxygen atoms in total. The van der Waals surface area contributed by atoms with Crippen molar-refractivity contribution >= 4 is 11.8 Å². The minimum Gasteiger partial charge on any atom is -0.492 e. The number of ether oxygens (including phenoxy) is 2. The molecule has 7 heteroatoms. The number of nitrogens with zero attached hydrogens (tertiary/aromatic N) is 2. The predicted molar refractivity (Wildman–Crippen MR) is 116 cm³/mol. The van der Waals surface area contributed by atoms with Crippen molar-refractivity contribution in [2.45, 2.75) is 37.8 Å². The molecule has 1 aromatic carbocycles. The van der Waals surface area contributed by atoms with Crippen LogP contribution in [0.15, 0.2) is 54.7 Å². The number of likely N-dealkylation sites (tertiary alicyclic amines) is 1. The number of fused-ring (bicyclic) bond motifs is 2. The maximum Gasteiger partial charge on any atom is 0.255 e. The van der Waals surface area contributed by atoms with Crippen molar-refractivity contribution in [3.05, 3.63) is 65.9 Å². The van der Waals surface area contributed by atoms with Gasteiger partial charge in [-0.2, -0.15) is 0 Å². The number of para-hydroxylation sites is 1. The second-order valence-corrected chi connectivity index (χ2v) is 7.72. The summed E-state index contributed by atoms with van der Waals surface area (Å²) in [5.74, 6) is 0.799. The van der Waals surface area contributed by atoms with Crippen LogP contribution in [0.25, 0.3) is 0 Å².